The highest BCUT2D eigenvalue weighted by Gasteiger charge is 2.13. The Hall–Kier alpha value is -2.41. The zero-order valence-electron chi connectivity index (χ0n) is 10.4. The summed E-state index contributed by atoms with van der Waals surface area (Å²) in [5, 5.41) is 20.1. The van der Waals surface area contributed by atoms with Crippen molar-refractivity contribution in [2.45, 2.75) is 16.8 Å². The maximum Gasteiger partial charge on any atom is 0.335 e. The fourth-order valence-electron chi connectivity index (χ4n) is 1.53. The lowest BCUT2D eigenvalue weighted by Gasteiger charge is -2.03. The van der Waals surface area contributed by atoms with Crippen LogP contribution in [0, 0.1) is 17.0 Å². The first-order valence-corrected chi connectivity index (χ1v) is 6.41. The van der Waals surface area contributed by atoms with Crippen LogP contribution in [0.2, 0.25) is 0 Å². The average molecular weight is 290 g/mol. The number of hydrogen-bond donors (Lipinski definition) is 1. The third kappa shape index (κ3) is 3.12. The van der Waals surface area contributed by atoms with E-state index < -0.39 is 10.9 Å². The molecule has 0 aliphatic carbocycles. The number of carboxylic acids is 1. The Morgan fingerprint density at radius 2 is 2.00 bits per heavy atom. The normalized spacial score (nSPS) is 10.2. The first kappa shape index (κ1) is 14.0. The van der Waals surface area contributed by atoms with Crippen LogP contribution in [0.4, 0.5) is 5.69 Å². The number of aryl methyl sites for hydroxylation is 1. The van der Waals surface area contributed by atoms with Crippen LogP contribution in [0.25, 0.3) is 0 Å². The topological polar surface area (TPSA) is 93.3 Å². The van der Waals surface area contributed by atoms with E-state index in [1.807, 2.05) is 0 Å². The second kappa shape index (κ2) is 5.70. The third-order valence-electron chi connectivity index (χ3n) is 2.57. The number of rotatable bonds is 4. The standard InChI is InChI=1S/C13H10N2O4S/c1-8-7-14-12(6-11(8)15(18)19)20-10-4-2-9(3-5-10)13(16)17/h2-7H,1H3,(H,16,17). The van der Waals surface area contributed by atoms with E-state index in [9.17, 15) is 14.9 Å². The van der Waals surface area contributed by atoms with Crippen molar-refractivity contribution >= 4 is 23.4 Å². The maximum atomic E-state index is 10.8. The molecule has 0 unspecified atom stereocenters. The molecule has 0 atom stereocenters. The van der Waals surface area contributed by atoms with Crippen LogP contribution in [0.1, 0.15) is 15.9 Å². The van der Waals surface area contributed by atoms with Crippen molar-refractivity contribution in [3.8, 4) is 0 Å². The molecule has 0 saturated carbocycles. The molecule has 0 fully saturated rings. The summed E-state index contributed by atoms with van der Waals surface area (Å²) in [6.07, 6.45) is 1.45. The van der Waals surface area contributed by atoms with E-state index in [0.29, 0.717) is 10.6 Å². The molecule has 1 heterocycles. The number of hydrogen-bond acceptors (Lipinski definition) is 5. The van der Waals surface area contributed by atoms with Gasteiger partial charge in [0.2, 0.25) is 0 Å². The molecule has 0 aliphatic rings. The molecule has 0 amide bonds. The molecule has 2 rings (SSSR count). The molecule has 0 spiro atoms. The Balaban J connectivity index is 2.23. The van der Waals surface area contributed by atoms with Crippen molar-refractivity contribution in [3.63, 3.8) is 0 Å². The van der Waals surface area contributed by atoms with Gasteiger partial charge in [0.1, 0.15) is 5.03 Å². The van der Waals surface area contributed by atoms with Gasteiger partial charge >= 0.3 is 5.97 Å². The van der Waals surface area contributed by atoms with Gasteiger partial charge in [0.15, 0.2) is 0 Å². The molecule has 0 bridgehead atoms. The molecule has 1 aromatic heterocycles. The van der Waals surface area contributed by atoms with Gasteiger partial charge in [0.25, 0.3) is 5.69 Å². The molecule has 7 heteroatoms. The molecule has 102 valence electrons. The number of carboxylic acid groups (broad SMARTS) is 1. The van der Waals surface area contributed by atoms with Gasteiger partial charge in [0.05, 0.1) is 10.5 Å². The number of benzene rings is 1. The molecule has 0 aliphatic heterocycles. The first-order valence-electron chi connectivity index (χ1n) is 5.59. The second-order valence-corrected chi connectivity index (χ2v) is 5.09. The summed E-state index contributed by atoms with van der Waals surface area (Å²) in [6.45, 7) is 1.63. The summed E-state index contributed by atoms with van der Waals surface area (Å²) < 4.78 is 0. The van der Waals surface area contributed by atoms with E-state index in [4.69, 9.17) is 5.11 Å². The molecular weight excluding hydrogens is 280 g/mol. The SMILES string of the molecule is Cc1cnc(Sc2ccc(C(=O)O)cc2)cc1[N+](=O)[O-]. The fraction of sp³-hybridized carbons (Fsp3) is 0.0769. The number of aromatic carboxylic acids is 1. The molecule has 1 aromatic carbocycles. The quantitative estimate of drug-likeness (QED) is 0.686. The van der Waals surface area contributed by atoms with E-state index in [1.54, 1.807) is 19.1 Å². The summed E-state index contributed by atoms with van der Waals surface area (Å²) in [4.78, 5) is 26.0. The van der Waals surface area contributed by atoms with Crippen LogP contribution >= 0.6 is 11.8 Å². The summed E-state index contributed by atoms with van der Waals surface area (Å²) >= 11 is 1.24. The molecule has 20 heavy (non-hydrogen) atoms. The van der Waals surface area contributed by atoms with Crippen LogP contribution in [-0.4, -0.2) is 21.0 Å². The minimum Gasteiger partial charge on any atom is -0.478 e. The summed E-state index contributed by atoms with van der Waals surface area (Å²) in [6, 6.07) is 7.65. The molecular formula is C13H10N2O4S. The highest BCUT2D eigenvalue weighted by Crippen LogP contribution is 2.29. The summed E-state index contributed by atoms with van der Waals surface area (Å²) in [5.41, 5.74) is 0.711. The van der Waals surface area contributed by atoms with Gasteiger partial charge < -0.3 is 5.11 Å². The van der Waals surface area contributed by atoms with Gasteiger partial charge in [-0.3, -0.25) is 10.1 Å². The zero-order chi connectivity index (χ0) is 14.7. The van der Waals surface area contributed by atoms with Gasteiger partial charge in [-0.2, -0.15) is 0 Å². The van der Waals surface area contributed by atoms with E-state index in [0.717, 1.165) is 4.90 Å². The van der Waals surface area contributed by atoms with Gasteiger partial charge in [-0.05, 0) is 31.2 Å². The Morgan fingerprint density at radius 1 is 1.35 bits per heavy atom. The lowest BCUT2D eigenvalue weighted by atomic mass is 10.2. The largest absolute Gasteiger partial charge is 0.478 e. The van der Waals surface area contributed by atoms with Crippen LogP contribution < -0.4 is 0 Å². The number of pyridine rings is 1. The average Bonchev–Trinajstić information content (AvgIpc) is 2.41. The summed E-state index contributed by atoms with van der Waals surface area (Å²) in [7, 11) is 0. The van der Waals surface area contributed by atoms with Crippen molar-refractivity contribution in [1.29, 1.82) is 0 Å². The molecule has 2 aromatic rings. The highest BCUT2D eigenvalue weighted by molar-refractivity contribution is 7.99. The first-order chi connectivity index (χ1) is 9.47. The Bertz CT molecular complexity index is 671. The van der Waals surface area contributed by atoms with Crippen molar-refractivity contribution in [1.82, 2.24) is 4.98 Å². The van der Waals surface area contributed by atoms with Gasteiger partial charge in [0, 0.05) is 22.7 Å². The molecule has 1 N–H and O–H groups in total. The van der Waals surface area contributed by atoms with Crippen LogP contribution in [0.5, 0.6) is 0 Å². The van der Waals surface area contributed by atoms with E-state index >= 15 is 0 Å². The minimum atomic E-state index is -0.995. The molecule has 0 radical (unpaired) electrons. The smallest absolute Gasteiger partial charge is 0.335 e. The van der Waals surface area contributed by atoms with Crippen molar-refractivity contribution in [3.05, 3.63) is 57.8 Å². The monoisotopic (exact) mass is 290 g/mol. The molecule has 0 saturated heterocycles. The Labute approximate surface area is 118 Å². The number of aromatic nitrogens is 1. The fourth-order valence-corrected chi connectivity index (χ4v) is 2.32. The van der Waals surface area contributed by atoms with Gasteiger partial charge in [-0.25, -0.2) is 9.78 Å². The molecule has 6 nitrogen and oxygen atoms in total. The van der Waals surface area contributed by atoms with Gasteiger partial charge in [-0.1, -0.05) is 11.8 Å². The number of nitro groups is 1. The predicted molar refractivity (Wildman–Crippen MR) is 73.2 cm³/mol. The Morgan fingerprint density at radius 3 is 2.55 bits per heavy atom. The minimum absolute atomic E-state index is 0.0182. The van der Waals surface area contributed by atoms with Crippen LogP contribution in [-0.2, 0) is 0 Å². The third-order valence-corrected chi connectivity index (χ3v) is 3.51. The maximum absolute atomic E-state index is 10.8. The number of carbonyl (C=O) groups is 1. The van der Waals surface area contributed by atoms with Gasteiger partial charge in [-0.15, -0.1) is 0 Å². The van der Waals surface area contributed by atoms with E-state index in [1.165, 1.54) is 36.2 Å². The van der Waals surface area contributed by atoms with Crippen LogP contribution in [0.15, 0.2) is 46.5 Å². The van der Waals surface area contributed by atoms with Crippen molar-refractivity contribution in [2.75, 3.05) is 0 Å². The zero-order valence-corrected chi connectivity index (χ0v) is 11.3. The van der Waals surface area contributed by atoms with E-state index in [-0.39, 0.29) is 11.3 Å². The van der Waals surface area contributed by atoms with Crippen molar-refractivity contribution in [2.24, 2.45) is 0 Å². The summed E-state index contributed by atoms with van der Waals surface area (Å²) in [5.74, 6) is -0.995. The Kier molecular flexibility index (Phi) is 3.99. The van der Waals surface area contributed by atoms with Crippen molar-refractivity contribution < 1.29 is 14.8 Å². The highest BCUT2D eigenvalue weighted by atomic mass is 32.2. The lowest BCUT2D eigenvalue weighted by Crippen LogP contribution is -1.95. The number of nitrogens with zero attached hydrogens (tertiary/aromatic N) is 2. The lowest BCUT2D eigenvalue weighted by molar-refractivity contribution is -0.385. The second-order valence-electron chi connectivity index (χ2n) is 4.00. The predicted octanol–water partition coefficient (Wildman–Crippen LogP) is 3.15. The van der Waals surface area contributed by atoms with Crippen LogP contribution in [0.3, 0.4) is 0 Å². The van der Waals surface area contributed by atoms with E-state index in [2.05, 4.69) is 4.98 Å².